The summed E-state index contributed by atoms with van der Waals surface area (Å²) in [7, 11) is -4.02. The van der Waals surface area contributed by atoms with Crippen molar-refractivity contribution in [1.29, 1.82) is 0 Å². The Bertz CT molecular complexity index is 736. The van der Waals surface area contributed by atoms with E-state index in [1.165, 1.54) is 6.08 Å². The fourth-order valence-corrected chi connectivity index (χ4v) is 3.10. The van der Waals surface area contributed by atoms with Crippen molar-refractivity contribution in [2.45, 2.75) is 17.8 Å². The molecule has 0 saturated heterocycles. The number of hydrogen-bond donors (Lipinski definition) is 3. The molecule has 0 amide bonds. The van der Waals surface area contributed by atoms with Crippen molar-refractivity contribution >= 4 is 16.1 Å². The Balaban J connectivity index is 2.26. The van der Waals surface area contributed by atoms with Crippen molar-refractivity contribution in [3.05, 3.63) is 59.4 Å². The van der Waals surface area contributed by atoms with Gasteiger partial charge in [0.15, 0.2) is 0 Å². The molecule has 0 saturated carbocycles. The van der Waals surface area contributed by atoms with Gasteiger partial charge in [-0.05, 0) is 17.7 Å². The summed E-state index contributed by atoms with van der Waals surface area (Å²) >= 11 is 0. The Morgan fingerprint density at radius 1 is 1.27 bits per heavy atom. The summed E-state index contributed by atoms with van der Waals surface area (Å²) in [4.78, 5) is 11.2. The van der Waals surface area contributed by atoms with E-state index in [-0.39, 0.29) is 23.5 Å². The van der Waals surface area contributed by atoms with Crippen LogP contribution in [0.5, 0.6) is 0 Å². The molecule has 118 valence electrons. The van der Waals surface area contributed by atoms with E-state index >= 15 is 0 Å². The number of aliphatic carboxylic acids is 1. The smallest absolute Gasteiger partial charge is 0.339 e. The lowest BCUT2D eigenvalue weighted by Gasteiger charge is -2.26. The first-order chi connectivity index (χ1) is 10.2. The van der Waals surface area contributed by atoms with Gasteiger partial charge < -0.3 is 20.8 Å². The molecule has 0 spiro atoms. The second-order valence-corrected chi connectivity index (χ2v) is 6.61. The molecule has 7 nitrogen and oxygen atoms in total. The van der Waals surface area contributed by atoms with Crippen LogP contribution >= 0.6 is 0 Å². The summed E-state index contributed by atoms with van der Waals surface area (Å²) in [5.41, 5.74) is 10.3. The Kier molecular flexibility index (Phi) is 4.36. The molecule has 1 aromatic carbocycles. The molecule has 0 radical (unpaired) electrons. The van der Waals surface area contributed by atoms with Crippen LogP contribution in [-0.2, 0) is 24.8 Å². The molecular weight excluding hydrogens is 308 g/mol. The van der Waals surface area contributed by atoms with Gasteiger partial charge in [0.1, 0.15) is 11.5 Å². The number of hydrogen-bond acceptors (Lipinski definition) is 6. The number of rotatable bonds is 5. The van der Waals surface area contributed by atoms with Gasteiger partial charge in [0, 0.05) is 6.42 Å². The van der Waals surface area contributed by atoms with Crippen molar-refractivity contribution in [3.8, 4) is 0 Å². The first kappa shape index (κ1) is 16.2. The fourth-order valence-electron chi connectivity index (χ4n) is 1.99. The lowest BCUT2D eigenvalue weighted by atomic mass is 9.97. The molecule has 1 aromatic rings. The maximum Gasteiger partial charge on any atom is 0.339 e. The van der Waals surface area contributed by atoms with E-state index in [1.807, 2.05) is 0 Å². The van der Waals surface area contributed by atoms with Crippen LogP contribution in [0.2, 0.25) is 0 Å². The fraction of sp³-hybridized carbons (Fsp3) is 0.214. The third kappa shape index (κ3) is 4.17. The summed E-state index contributed by atoms with van der Waals surface area (Å²) < 4.78 is 29.1. The van der Waals surface area contributed by atoms with Crippen LogP contribution in [0.1, 0.15) is 12.0 Å². The van der Waals surface area contributed by atoms with Crippen LogP contribution in [0, 0.1) is 0 Å². The molecule has 2 rings (SSSR count). The first-order valence-electron chi connectivity index (χ1n) is 6.38. The lowest BCUT2D eigenvalue weighted by Crippen LogP contribution is -2.49. The maximum atomic E-state index is 12.1. The summed E-state index contributed by atoms with van der Waals surface area (Å²) in [6.45, 7) is 0. The number of carboxylic acid groups (broad SMARTS) is 1. The predicted molar refractivity (Wildman–Crippen MR) is 79.7 cm³/mol. The van der Waals surface area contributed by atoms with E-state index in [1.54, 1.807) is 30.3 Å². The van der Waals surface area contributed by atoms with E-state index in [0.717, 1.165) is 6.08 Å². The van der Waals surface area contributed by atoms with Crippen LogP contribution < -0.4 is 11.5 Å². The van der Waals surface area contributed by atoms with Gasteiger partial charge in [0.05, 0.1) is 11.2 Å². The summed E-state index contributed by atoms with van der Waals surface area (Å²) in [5, 5.41) is 9.10. The highest BCUT2D eigenvalue weighted by atomic mass is 32.2. The molecule has 0 unspecified atom stereocenters. The zero-order chi connectivity index (χ0) is 16.4. The van der Waals surface area contributed by atoms with Gasteiger partial charge in [-0.2, -0.15) is 8.42 Å². The molecule has 0 heterocycles. The predicted octanol–water partition coefficient (Wildman–Crippen LogP) is 0.445. The molecule has 8 heteroatoms. The van der Waals surface area contributed by atoms with Crippen molar-refractivity contribution in [1.82, 2.24) is 0 Å². The minimum atomic E-state index is -4.02. The third-order valence-electron chi connectivity index (χ3n) is 2.97. The summed E-state index contributed by atoms with van der Waals surface area (Å²) in [6, 6.07) is 8.40. The summed E-state index contributed by atoms with van der Waals surface area (Å²) in [6.07, 6.45) is 2.23. The highest BCUT2D eigenvalue weighted by molar-refractivity contribution is 7.86. The van der Waals surface area contributed by atoms with Crippen molar-refractivity contribution in [2.75, 3.05) is 0 Å². The van der Waals surface area contributed by atoms with Gasteiger partial charge in [0.25, 0.3) is 0 Å². The highest BCUT2D eigenvalue weighted by Gasteiger charge is 2.30. The molecule has 0 bridgehead atoms. The van der Waals surface area contributed by atoms with Crippen LogP contribution in [0.25, 0.3) is 0 Å². The van der Waals surface area contributed by atoms with Gasteiger partial charge in [0.2, 0.25) is 0 Å². The monoisotopic (exact) mass is 324 g/mol. The first-order valence-corrected chi connectivity index (χ1v) is 7.96. The SMILES string of the molecule is NC1(N)C=CC(C(=O)O)=C(OS(=O)(=O)Cc2ccccc2)C1. The van der Waals surface area contributed by atoms with Crippen LogP contribution in [-0.4, -0.2) is 25.2 Å². The van der Waals surface area contributed by atoms with Crippen molar-refractivity contribution < 1.29 is 22.5 Å². The van der Waals surface area contributed by atoms with E-state index < -0.39 is 21.8 Å². The maximum absolute atomic E-state index is 12.1. The van der Waals surface area contributed by atoms with Crippen LogP contribution in [0.3, 0.4) is 0 Å². The molecule has 0 aliphatic heterocycles. The van der Waals surface area contributed by atoms with E-state index in [2.05, 4.69) is 0 Å². The molecule has 1 aliphatic carbocycles. The van der Waals surface area contributed by atoms with E-state index in [0.29, 0.717) is 5.56 Å². The van der Waals surface area contributed by atoms with Gasteiger partial charge in [-0.3, -0.25) is 0 Å². The third-order valence-corrected chi connectivity index (χ3v) is 4.11. The van der Waals surface area contributed by atoms with Crippen LogP contribution in [0.4, 0.5) is 0 Å². The normalized spacial score (nSPS) is 17.4. The van der Waals surface area contributed by atoms with Crippen molar-refractivity contribution in [2.24, 2.45) is 11.5 Å². The van der Waals surface area contributed by atoms with E-state index in [9.17, 15) is 13.2 Å². The number of carboxylic acids is 1. The Hall–Kier alpha value is -2.16. The number of nitrogens with two attached hydrogens (primary N) is 2. The molecular formula is C14H16N2O5S. The van der Waals surface area contributed by atoms with Crippen LogP contribution in [0.15, 0.2) is 53.8 Å². The molecule has 0 aromatic heterocycles. The largest absolute Gasteiger partial charge is 0.478 e. The number of benzene rings is 1. The molecule has 0 atom stereocenters. The van der Waals surface area contributed by atoms with E-state index in [4.69, 9.17) is 20.8 Å². The Morgan fingerprint density at radius 2 is 1.91 bits per heavy atom. The molecule has 22 heavy (non-hydrogen) atoms. The minimum absolute atomic E-state index is 0.223. The summed E-state index contributed by atoms with van der Waals surface area (Å²) in [5.74, 6) is -1.96. The van der Waals surface area contributed by atoms with Gasteiger partial charge in [-0.1, -0.05) is 30.3 Å². The second-order valence-electron chi connectivity index (χ2n) is 5.04. The Labute approximate surface area is 128 Å². The Morgan fingerprint density at radius 3 is 2.50 bits per heavy atom. The zero-order valence-electron chi connectivity index (χ0n) is 11.6. The topological polar surface area (TPSA) is 133 Å². The lowest BCUT2D eigenvalue weighted by molar-refractivity contribution is -0.132. The molecule has 1 aliphatic rings. The average Bonchev–Trinajstić information content (AvgIpc) is 2.37. The quantitative estimate of drug-likeness (QED) is 0.529. The van der Waals surface area contributed by atoms with Crippen molar-refractivity contribution in [3.63, 3.8) is 0 Å². The highest BCUT2D eigenvalue weighted by Crippen LogP contribution is 2.26. The second kappa shape index (κ2) is 5.91. The standard InChI is InChI=1S/C14H16N2O5S/c15-14(16)7-6-11(13(17)18)12(8-14)21-22(19,20)9-10-4-2-1-3-5-10/h1-7H,8-9,15-16H2,(H,17,18). The van der Waals surface area contributed by atoms with Gasteiger partial charge in [-0.15, -0.1) is 0 Å². The number of carbonyl (C=O) groups is 1. The van der Waals surface area contributed by atoms with Gasteiger partial charge >= 0.3 is 16.1 Å². The molecule has 5 N–H and O–H groups in total. The minimum Gasteiger partial charge on any atom is -0.478 e. The average molecular weight is 324 g/mol. The van der Waals surface area contributed by atoms with Gasteiger partial charge in [-0.25, -0.2) is 4.79 Å². The zero-order valence-corrected chi connectivity index (χ0v) is 12.4. The molecule has 0 fully saturated rings.